The Morgan fingerprint density at radius 3 is 2.62 bits per heavy atom. The molecule has 0 bridgehead atoms. The van der Waals surface area contributed by atoms with Crippen LogP contribution in [0.2, 0.25) is 0 Å². The minimum absolute atomic E-state index is 0.446. The van der Waals surface area contributed by atoms with Crippen molar-refractivity contribution in [3.05, 3.63) is 29.8 Å². The van der Waals surface area contributed by atoms with Crippen LogP contribution in [0.5, 0.6) is 0 Å². The van der Waals surface area contributed by atoms with Crippen molar-refractivity contribution in [1.29, 1.82) is 0 Å². The fourth-order valence-electron chi connectivity index (χ4n) is 3.92. The molecule has 3 rings (SSSR count). The fourth-order valence-corrected chi connectivity index (χ4v) is 3.92. The van der Waals surface area contributed by atoms with Gasteiger partial charge in [0.2, 0.25) is 0 Å². The molecule has 1 aliphatic heterocycles. The third-order valence-electron chi connectivity index (χ3n) is 4.73. The first-order valence-electron chi connectivity index (χ1n) is 6.23. The summed E-state index contributed by atoms with van der Waals surface area (Å²) in [7, 11) is 2.23. The zero-order valence-corrected chi connectivity index (χ0v) is 10.1. The van der Waals surface area contributed by atoms with Gasteiger partial charge in [0.05, 0.1) is 0 Å². The van der Waals surface area contributed by atoms with E-state index in [1.54, 1.807) is 0 Å². The van der Waals surface area contributed by atoms with E-state index in [1.165, 1.54) is 25.1 Å². The molecule has 86 valence electrons. The maximum Gasteiger partial charge on any atom is 0.0316 e. The van der Waals surface area contributed by atoms with E-state index in [0.29, 0.717) is 5.41 Å². The van der Waals surface area contributed by atoms with E-state index in [4.69, 9.17) is 5.73 Å². The lowest BCUT2D eigenvalue weighted by molar-refractivity contribution is 0.320. The molecule has 0 aromatic heterocycles. The van der Waals surface area contributed by atoms with Crippen LogP contribution >= 0.6 is 0 Å². The molecule has 1 unspecified atom stereocenters. The minimum atomic E-state index is 0.446. The van der Waals surface area contributed by atoms with Crippen molar-refractivity contribution in [1.82, 2.24) is 4.90 Å². The lowest BCUT2D eigenvalue weighted by Gasteiger charge is -2.24. The number of benzene rings is 1. The Hall–Kier alpha value is -1.02. The summed E-state index contributed by atoms with van der Waals surface area (Å²) in [5.74, 6) is 1.73. The molecule has 1 aliphatic carbocycles. The third-order valence-corrected chi connectivity index (χ3v) is 4.73. The van der Waals surface area contributed by atoms with Gasteiger partial charge in [0.1, 0.15) is 0 Å². The van der Waals surface area contributed by atoms with Crippen LogP contribution in [-0.4, -0.2) is 25.0 Å². The van der Waals surface area contributed by atoms with Crippen molar-refractivity contribution in [2.45, 2.75) is 18.8 Å². The first-order chi connectivity index (χ1) is 7.68. The number of likely N-dealkylation sites (tertiary alicyclic amines) is 1. The van der Waals surface area contributed by atoms with Gasteiger partial charge in [-0.3, -0.25) is 0 Å². The Bertz CT molecular complexity index is 401. The molecule has 3 atom stereocenters. The fraction of sp³-hybridized carbons (Fsp3) is 0.571. The van der Waals surface area contributed by atoms with Crippen LogP contribution in [0.3, 0.4) is 0 Å². The van der Waals surface area contributed by atoms with Gasteiger partial charge in [0.15, 0.2) is 0 Å². The van der Waals surface area contributed by atoms with Crippen LogP contribution in [0.15, 0.2) is 24.3 Å². The Labute approximate surface area is 97.4 Å². The predicted octanol–water partition coefficient (Wildman–Crippen LogP) is 2.11. The van der Waals surface area contributed by atoms with Crippen molar-refractivity contribution in [3.63, 3.8) is 0 Å². The van der Waals surface area contributed by atoms with Crippen LogP contribution in [0.1, 0.15) is 18.9 Å². The predicted molar refractivity (Wildman–Crippen MR) is 67.3 cm³/mol. The Balaban J connectivity index is 1.94. The molecule has 1 aromatic rings. The van der Waals surface area contributed by atoms with E-state index in [0.717, 1.165) is 17.5 Å². The van der Waals surface area contributed by atoms with E-state index >= 15 is 0 Å². The summed E-state index contributed by atoms with van der Waals surface area (Å²) in [5.41, 5.74) is 8.73. The second kappa shape index (κ2) is 3.24. The molecule has 0 amide bonds. The summed E-state index contributed by atoms with van der Waals surface area (Å²) in [5, 5.41) is 0. The van der Waals surface area contributed by atoms with Crippen molar-refractivity contribution < 1.29 is 0 Å². The van der Waals surface area contributed by atoms with Crippen molar-refractivity contribution >= 4 is 5.69 Å². The smallest absolute Gasteiger partial charge is 0.0316 e. The Morgan fingerprint density at radius 1 is 1.38 bits per heavy atom. The van der Waals surface area contributed by atoms with Crippen LogP contribution in [-0.2, 0) is 5.41 Å². The molecule has 0 radical (unpaired) electrons. The highest BCUT2D eigenvalue weighted by Crippen LogP contribution is 2.65. The highest BCUT2D eigenvalue weighted by atomic mass is 15.2. The van der Waals surface area contributed by atoms with Gasteiger partial charge >= 0.3 is 0 Å². The summed E-state index contributed by atoms with van der Waals surface area (Å²) >= 11 is 0. The number of rotatable bonds is 2. The van der Waals surface area contributed by atoms with Gasteiger partial charge < -0.3 is 10.6 Å². The summed E-state index contributed by atoms with van der Waals surface area (Å²) in [4.78, 5) is 2.45. The van der Waals surface area contributed by atoms with E-state index in [1.807, 2.05) is 6.07 Å². The van der Waals surface area contributed by atoms with Crippen LogP contribution in [0.25, 0.3) is 0 Å². The molecule has 2 aliphatic rings. The highest BCUT2D eigenvalue weighted by molar-refractivity contribution is 5.48. The van der Waals surface area contributed by atoms with Crippen LogP contribution in [0.4, 0.5) is 5.69 Å². The lowest BCUT2D eigenvalue weighted by atomic mass is 9.87. The summed E-state index contributed by atoms with van der Waals surface area (Å²) in [6, 6.07) is 8.52. The SMILES string of the molecule is CCC1(c2cccc(N)c2)[C@@H]2CN(C)C[C@@H]21. The van der Waals surface area contributed by atoms with Gasteiger partial charge in [-0.2, -0.15) is 0 Å². The molecule has 2 fully saturated rings. The maximum atomic E-state index is 5.91. The van der Waals surface area contributed by atoms with E-state index < -0.39 is 0 Å². The normalized spacial score (nSPS) is 37.4. The topological polar surface area (TPSA) is 29.3 Å². The highest BCUT2D eigenvalue weighted by Gasteiger charge is 2.66. The molecule has 0 spiro atoms. The molecule has 2 N–H and O–H groups in total. The number of nitrogens with two attached hydrogens (primary N) is 1. The average molecular weight is 216 g/mol. The van der Waals surface area contributed by atoms with E-state index in [2.05, 4.69) is 37.1 Å². The molecule has 1 saturated carbocycles. The number of piperidine rings is 1. The molecule has 1 saturated heterocycles. The zero-order valence-electron chi connectivity index (χ0n) is 10.1. The van der Waals surface area contributed by atoms with Crippen molar-refractivity contribution in [2.24, 2.45) is 11.8 Å². The second-order valence-electron chi connectivity index (χ2n) is 5.45. The van der Waals surface area contributed by atoms with Crippen LogP contribution < -0.4 is 5.73 Å². The first kappa shape index (κ1) is 10.2. The number of nitrogens with zero attached hydrogens (tertiary/aromatic N) is 1. The molecule has 1 aromatic carbocycles. The summed E-state index contributed by atoms with van der Waals surface area (Å²) < 4.78 is 0. The number of hydrogen-bond acceptors (Lipinski definition) is 2. The van der Waals surface area contributed by atoms with Crippen molar-refractivity contribution in [3.8, 4) is 0 Å². The number of nitrogen functional groups attached to an aromatic ring is 1. The lowest BCUT2D eigenvalue weighted by Crippen LogP contribution is -2.27. The standard InChI is InChI=1S/C14H20N2/c1-3-14(10-5-4-6-11(15)7-10)12-8-16(2)9-13(12)14/h4-7,12-13H,3,8-9,15H2,1-2H3/t12-,13+,14?. The van der Waals surface area contributed by atoms with Gasteiger partial charge in [0, 0.05) is 24.2 Å². The number of anilines is 1. The third kappa shape index (κ3) is 1.17. The quantitative estimate of drug-likeness (QED) is 0.767. The molecular weight excluding hydrogens is 196 g/mol. The zero-order chi connectivity index (χ0) is 11.3. The maximum absolute atomic E-state index is 5.91. The van der Waals surface area contributed by atoms with Crippen molar-refractivity contribution in [2.75, 3.05) is 25.9 Å². The summed E-state index contributed by atoms with van der Waals surface area (Å²) in [6.07, 6.45) is 1.25. The van der Waals surface area contributed by atoms with Gasteiger partial charge in [-0.1, -0.05) is 19.1 Å². The summed E-state index contributed by atoms with van der Waals surface area (Å²) in [6.45, 7) is 4.84. The minimum Gasteiger partial charge on any atom is -0.399 e. The molecular formula is C14H20N2. The van der Waals surface area contributed by atoms with Crippen LogP contribution in [0, 0.1) is 11.8 Å². The Kier molecular flexibility index (Phi) is 2.05. The molecule has 16 heavy (non-hydrogen) atoms. The van der Waals surface area contributed by atoms with Gasteiger partial charge in [-0.25, -0.2) is 0 Å². The largest absolute Gasteiger partial charge is 0.399 e. The first-order valence-corrected chi connectivity index (χ1v) is 6.23. The average Bonchev–Trinajstić information content (AvgIpc) is 2.66. The van der Waals surface area contributed by atoms with Gasteiger partial charge in [0.25, 0.3) is 0 Å². The monoisotopic (exact) mass is 216 g/mol. The number of fused-ring (bicyclic) bond motifs is 1. The molecule has 2 heteroatoms. The van der Waals surface area contributed by atoms with Gasteiger partial charge in [-0.15, -0.1) is 0 Å². The molecule has 1 heterocycles. The number of hydrogen-bond donors (Lipinski definition) is 1. The van der Waals surface area contributed by atoms with E-state index in [9.17, 15) is 0 Å². The van der Waals surface area contributed by atoms with E-state index in [-0.39, 0.29) is 0 Å². The Morgan fingerprint density at radius 2 is 2.06 bits per heavy atom. The van der Waals surface area contributed by atoms with Gasteiger partial charge in [-0.05, 0) is 43.0 Å². The molecule has 2 nitrogen and oxygen atoms in total. The second-order valence-corrected chi connectivity index (χ2v) is 5.45.